The molecule has 3 aliphatic heterocycles. The Morgan fingerprint density at radius 3 is 2.66 bits per heavy atom. The number of benzene rings is 1. The van der Waals surface area contributed by atoms with E-state index in [-0.39, 0.29) is 13.1 Å². The molecule has 0 spiro atoms. The molecule has 0 saturated carbocycles. The Morgan fingerprint density at radius 2 is 2.00 bits per heavy atom. The van der Waals surface area contributed by atoms with Gasteiger partial charge >= 0.3 is 6.03 Å². The van der Waals surface area contributed by atoms with Gasteiger partial charge in [0.1, 0.15) is 5.54 Å². The van der Waals surface area contributed by atoms with Gasteiger partial charge in [0.05, 0.1) is 5.75 Å². The zero-order valence-corrected chi connectivity index (χ0v) is 18.5. The summed E-state index contributed by atoms with van der Waals surface area (Å²) in [6, 6.07) is 5.21. The summed E-state index contributed by atoms with van der Waals surface area (Å²) in [5.74, 6) is 5.23. The molecule has 10 heteroatoms. The third-order valence-electron chi connectivity index (χ3n) is 5.96. The number of hydrogen-bond acceptors (Lipinski definition) is 5. The minimum absolute atomic E-state index is 0.166. The Bertz CT molecular complexity index is 1180. The van der Waals surface area contributed by atoms with Gasteiger partial charge in [-0.3, -0.25) is 14.9 Å². The molecule has 3 heterocycles. The lowest BCUT2D eigenvalue weighted by Crippen LogP contribution is -2.52. The minimum Gasteiger partial charge on any atom is -0.341 e. The predicted molar refractivity (Wildman–Crippen MR) is 117 cm³/mol. The van der Waals surface area contributed by atoms with Crippen molar-refractivity contribution in [1.29, 1.82) is 0 Å². The second kappa shape index (κ2) is 8.41. The van der Waals surface area contributed by atoms with Gasteiger partial charge in [0, 0.05) is 37.3 Å². The highest BCUT2D eigenvalue weighted by Crippen LogP contribution is 2.22. The van der Waals surface area contributed by atoms with Crippen molar-refractivity contribution in [3.63, 3.8) is 0 Å². The van der Waals surface area contributed by atoms with Crippen molar-refractivity contribution in [3.05, 3.63) is 46.5 Å². The third kappa shape index (κ3) is 4.40. The summed E-state index contributed by atoms with van der Waals surface area (Å²) >= 11 is 0. The van der Waals surface area contributed by atoms with Gasteiger partial charge < -0.3 is 10.2 Å². The number of imide groups is 1. The maximum atomic E-state index is 12.8. The van der Waals surface area contributed by atoms with Crippen molar-refractivity contribution in [2.45, 2.75) is 31.8 Å². The van der Waals surface area contributed by atoms with E-state index in [2.05, 4.69) is 22.5 Å². The van der Waals surface area contributed by atoms with Crippen molar-refractivity contribution in [1.82, 2.24) is 19.8 Å². The number of amides is 4. The van der Waals surface area contributed by atoms with Crippen molar-refractivity contribution in [3.8, 4) is 11.8 Å². The fraction of sp³-hybridized carbons (Fsp3) is 0.409. The van der Waals surface area contributed by atoms with Gasteiger partial charge in [-0.1, -0.05) is 30.0 Å². The Labute approximate surface area is 186 Å². The maximum Gasteiger partial charge on any atom is 0.322 e. The number of carbonyl (C=O) groups excluding carboxylic acids is 3. The minimum atomic E-state index is -3.76. The van der Waals surface area contributed by atoms with E-state index in [1.165, 1.54) is 11.2 Å². The van der Waals surface area contributed by atoms with Crippen LogP contribution in [0.4, 0.5) is 4.79 Å². The van der Waals surface area contributed by atoms with E-state index in [4.69, 9.17) is 0 Å². The topological polar surface area (TPSA) is 116 Å². The van der Waals surface area contributed by atoms with E-state index < -0.39 is 33.3 Å². The molecule has 32 heavy (non-hydrogen) atoms. The molecule has 168 valence electrons. The summed E-state index contributed by atoms with van der Waals surface area (Å²) in [7, 11) is -3.76. The fourth-order valence-corrected chi connectivity index (χ4v) is 5.93. The van der Waals surface area contributed by atoms with Crippen molar-refractivity contribution >= 4 is 28.4 Å². The first-order valence-corrected chi connectivity index (χ1v) is 11.9. The maximum absolute atomic E-state index is 12.8. The molecule has 1 atom stereocenters. The summed E-state index contributed by atoms with van der Waals surface area (Å²) in [6.07, 6.45) is 3.87. The van der Waals surface area contributed by atoms with Crippen LogP contribution in [0, 0.1) is 11.8 Å². The average Bonchev–Trinajstić information content (AvgIpc) is 3.02. The number of nitrogens with one attached hydrogen (secondary N) is 2. The summed E-state index contributed by atoms with van der Waals surface area (Å²) in [5, 5.41) is 4.47. The molecule has 9 nitrogen and oxygen atoms in total. The van der Waals surface area contributed by atoms with Gasteiger partial charge in [-0.05, 0) is 37.0 Å². The number of hydrogen-bond donors (Lipinski definition) is 2. The quantitative estimate of drug-likeness (QED) is 0.379. The lowest BCUT2D eigenvalue weighted by atomic mass is 9.94. The number of carbonyl (C=O) groups is 3. The van der Waals surface area contributed by atoms with Crippen molar-refractivity contribution in [2.24, 2.45) is 0 Å². The van der Waals surface area contributed by atoms with Crippen molar-refractivity contribution in [2.75, 3.05) is 25.4 Å². The van der Waals surface area contributed by atoms with Crippen LogP contribution in [-0.2, 0) is 32.6 Å². The second-order valence-corrected chi connectivity index (χ2v) is 10.3. The van der Waals surface area contributed by atoms with Crippen LogP contribution < -0.4 is 10.6 Å². The monoisotopic (exact) mass is 456 g/mol. The first kappa shape index (κ1) is 22.0. The summed E-state index contributed by atoms with van der Waals surface area (Å²) < 4.78 is 26.9. The van der Waals surface area contributed by atoms with Gasteiger partial charge in [-0.25, -0.2) is 13.2 Å². The molecule has 0 aliphatic carbocycles. The highest BCUT2D eigenvalue weighted by molar-refractivity contribution is 7.89. The molecule has 1 aromatic carbocycles. The Balaban J connectivity index is 1.44. The normalized spacial score (nSPS) is 23.4. The van der Waals surface area contributed by atoms with Gasteiger partial charge in [0.15, 0.2) is 0 Å². The summed E-state index contributed by atoms with van der Waals surface area (Å²) in [6.45, 7) is 3.08. The van der Waals surface area contributed by atoms with Crippen LogP contribution in [0.5, 0.6) is 0 Å². The molecule has 4 amide bonds. The van der Waals surface area contributed by atoms with E-state index in [1.807, 2.05) is 18.2 Å². The molecule has 0 aromatic heterocycles. The third-order valence-corrected chi connectivity index (χ3v) is 8.02. The standard InChI is InChI=1S/C22H24N4O5S/c1-22(20(28)23-21(29)24-22)14-32(30,31)26-11-7-16(8-12-26)5-6-17-3-2-4-18-13-25(15-27)10-9-19(17)18/h2-4,7,15H,8-14H2,1H3,(H2,23,24,28,29)/t22-/m1/s1. The van der Waals surface area contributed by atoms with E-state index in [9.17, 15) is 22.8 Å². The lowest BCUT2D eigenvalue weighted by Gasteiger charge is -2.28. The Kier molecular flexibility index (Phi) is 5.79. The molecule has 0 unspecified atom stereocenters. The van der Waals surface area contributed by atoms with Gasteiger partial charge in [0.2, 0.25) is 16.4 Å². The zero-order chi connectivity index (χ0) is 22.9. The Morgan fingerprint density at radius 1 is 1.19 bits per heavy atom. The second-order valence-electron chi connectivity index (χ2n) is 8.35. The van der Waals surface area contributed by atoms with Crippen LogP contribution in [0.2, 0.25) is 0 Å². The molecule has 1 saturated heterocycles. The molecule has 2 N–H and O–H groups in total. The van der Waals surface area contributed by atoms with Gasteiger partial charge in [-0.15, -0.1) is 0 Å². The van der Waals surface area contributed by atoms with E-state index >= 15 is 0 Å². The summed E-state index contributed by atoms with van der Waals surface area (Å²) in [4.78, 5) is 36.1. The van der Waals surface area contributed by atoms with Crippen molar-refractivity contribution < 1.29 is 22.8 Å². The zero-order valence-electron chi connectivity index (χ0n) is 17.7. The van der Waals surface area contributed by atoms with Crippen LogP contribution >= 0.6 is 0 Å². The first-order valence-electron chi connectivity index (χ1n) is 10.3. The van der Waals surface area contributed by atoms with Crippen LogP contribution in [-0.4, -0.2) is 66.9 Å². The SMILES string of the molecule is C[C@]1(CS(=O)(=O)N2CC=C(C#Cc3cccc4c3CCN(C=O)C4)CC2)NC(=O)NC1=O. The van der Waals surface area contributed by atoms with Crippen LogP contribution in [0.1, 0.15) is 30.0 Å². The van der Waals surface area contributed by atoms with Gasteiger partial charge in [-0.2, -0.15) is 4.31 Å². The smallest absolute Gasteiger partial charge is 0.322 e. The molecule has 1 aromatic rings. The molecular weight excluding hydrogens is 432 g/mol. The van der Waals surface area contributed by atoms with E-state index in [1.54, 1.807) is 11.0 Å². The number of nitrogens with zero attached hydrogens (tertiary/aromatic N) is 2. The molecule has 1 fully saturated rings. The predicted octanol–water partition coefficient (Wildman–Crippen LogP) is 0.113. The fourth-order valence-electron chi connectivity index (χ4n) is 4.14. The van der Waals surface area contributed by atoms with E-state index in [0.717, 1.165) is 35.1 Å². The van der Waals surface area contributed by atoms with Crippen LogP contribution in [0.15, 0.2) is 29.8 Å². The number of fused-ring (bicyclic) bond motifs is 1. The van der Waals surface area contributed by atoms with E-state index in [0.29, 0.717) is 19.5 Å². The highest BCUT2D eigenvalue weighted by atomic mass is 32.2. The number of sulfonamides is 1. The average molecular weight is 457 g/mol. The first-order chi connectivity index (χ1) is 15.2. The number of urea groups is 1. The lowest BCUT2D eigenvalue weighted by molar-refractivity contribution is -0.122. The Hall–Kier alpha value is -3.16. The molecule has 4 rings (SSSR count). The van der Waals surface area contributed by atoms with Crippen LogP contribution in [0.3, 0.4) is 0 Å². The highest BCUT2D eigenvalue weighted by Gasteiger charge is 2.46. The largest absolute Gasteiger partial charge is 0.341 e. The molecule has 0 radical (unpaired) electrons. The van der Waals surface area contributed by atoms with Gasteiger partial charge in [0.25, 0.3) is 5.91 Å². The number of rotatable bonds is 4. The summed E-state index contributed by atoms with van der Waals surface area (Å²) in [5.41, 5.74) is 2.56. The molecular formula is C22H24N4O5S. The molecule has 0 bridgehead atoms. The van der Waals surface area contributed by atoms with Crippen LogP contribution in [0.25, 0.3) is 0 Å². The molecule has 3 aliphatic rings.